The number of carbonyl (C=O) groups is 1. The second-order valence-electron chi connectivity index (χ2n) is 8.63. The van der Waals surface area contributed by atoms with E-state index in [9.17, 15) is 4.79 Å². The highest BCUT2D eigenvalue weighted by Gasteiger charge is 2.37. The van der Waals surface area contributed by atoms with E-state index in [0.717, 1.165) is 57.3 Å². The Hall–Kier alpha value is -1.74. The molecule has 5 rings (SSSR count). The van der Waals surface area contributed by atoms with Crippen molar-refractivity contribution in [2.75, 3.05) is 55.9 Å². The normalized spacial score (nSPS) is 30.2. The number of carbonyl (C=O) groups excluding carboxylic acids is 1. The molecular weight excluding hydrogens is 396 g/mol. The minimum absolute atomic E-state index is 0.00268. The van der Waals surface area contributed by atoms with E-state index in [4.69, 9.17) is 0 Å². The number of benzene rings is 1. The molecule has 3 saturated heterocycles. The maximum absolute atomic E-state index is 12.7. The van der Waals surface area contributed by atoms with Crippen LogP contribution in [-0.4, -0.2) is 89.6 Å². The second kappa shape index (κ2) is 8.78. The Morgan fingerprint density at radius 2 is 1.90 bits per heavy atom. The van der Waals surface area contributed by atoms with E-state index in [1.807, 2.05) is 16.7 Å². The van der Waals surface area contributed by atoms with Gasteiger partial charge in [0, 0.05) is 57.1 Å². The minimum atomic E-state index is 0.00268. The first-order chi connectivity index (χ1) is 14.7. The highest BCUT2D eigenvalue weighted by atomic mass is 32.2. The zero-order valence-electron chi connectivity index (χ0n) is 17.7. The Morgan fingerprint density at radius 3 is 2.63 bits per heavy atom. The summed E-state index contributed by atoms with van der Waals surface area (Å²) in [5, 5.41) is 5.72. The quantitative estimate of drug-likeness (QED) is 0.745. The first-order valence-electron chi connectivity index (χ1n) is 11.1. The number of rotatable bonds is 4. The Morgan fingerprint density at radius 1 is 1.10 bits per heavy atom. The summed E-state index contributed by atoms with van der Waals surface area (Å²) < 4.78 is 0. The van der Waals surface area contributed by atoms with E-state index in [1.165, 1.54) is 11.5 Å². The first kappa shape index (κ1) is 20.2. The van der Waals surface area contributed by atoms with Gasteiger partial charge in [-0.25, -0.2) is 5.43 Å². The summed E-state index contributed by atoms with van der Waals surface area (Å²) in [5.74, 6) is 3.50. The van der Waals surface area contributed by atoms with Gasteiger partial charge >= 0.3 is 0 Å². The lowest BCUT2D eigenvalue weighted by Gasteiger charge is -2.41. The minimum Gasteiger partial charge on any atom is -0.355 e. The molecule has 7 nitrogen and oxygen atoms in total. The molecule has 4 heterocycles. The smallest absolute Gasteiger partial charge is 0.240 e. The molecule has 1 aromatic carbocycles. The SMILES string of the molecule is CC1C=C(N2CCN([C@@H]3CN[C@H](C(=O)N4CCSC4)C3)CC2)N(c2ccccc2)N1. The number of piperazine rings is 1. The molecule has 162 valence electrons. The van der Waals surface area contributed by atoms with E-state index >= 15 is 0 Å². The summed E-state index contributed by atoms with van der Waals surface area (Å²) in [6.07, 6.45) is 3.26. The first-order valence-corrected chi connectivity index (χ1v) is 12.3. The van der Waals surface area contributed by atoms with Crippen LogP contribution in [0.25, 0.3) is 0 Å². The number of amides is 1. The van der Waals surface area contributed by atoms with Gasteiger partial charge in [0.1, 0.15) is 5.82 Å². The van der Waals surface area contributed by atoms with Crippen molar-refractivity contribution in [1.29, 1.82) is 0 Å². The summed E-state index contributed by atoms with van der Waals surface area (Å²) in [5.41, 5.74) is 4.74. The summed E-state index contributed by atoms with van der Waals surface area (Å²) in [4.78, 5) is 19.8. The summed E-state index contributed by atoms with van der Waals surface area (Å²) in [6, 6.07) is 11.3. The van der Waals surface area contributed by atoms with Crippen LogP contribution in [0.15, 0.2) is 42.2 Å². The zero-order chi connectivity index (χ0) is 20.5. The van der Waals surface area contributed by atoms with E-state index in [-0.39, 0.29) is 6.04 Å². The molecule has 0 aromatic heterocycles. The van der Waals surface area contributed by atoms with Gasteiger partial charge < -0.3 is 15.1 Å². The molecule has 0 saturated carbocycles. The fourth-order valence-corrected chi connectivity index (χ4v) is 5.90. The van der Waals surface area contributed by atoms with Crippen molar-refractivity contribution in [2.24, 2.45) is 0 Å². The van der Waals surface area contributed by atoms with Crippen molar-refractivity contribution in [3.05, 3.63) is 42.2 Å². The molecule has 4 aliphatic rings. The molecule has 2 N–H and O–H groups in total. The molecule has 1 unspecified atom stereocenters. The molecule has 0 aliphatic carbocycles. The van der Waals surface area contributed by atoms with Gasteiger partial charge in [0.2, 0.25) is 5.91 Å². The van der Waals surface area contributed by atoms with E-state index in [0.29, 0.717) is 18.0 Å². The van der Waals surface area contributed by atoms with Gasteiger partial charge in [-0.15, -0.1) is 11.8 Å². The maximum atomic E-state index is 12.7. The number of hydrazine groups is 1. The molecule has 0 bridgehead atoms. The van der Waals surface area contributed by atoms with Gasteiger partial charge in [0.15, 0.2) is 0 Å². The number of para-hydroxylation sites is 1. The third kappa shape index (κ3) is 4.06. The molecule has 4 aliphatic heterocycles. The molecule has 1 aromatic rings. The van der Waals surface area contributed by atoms with Crippen LogP contribution in [0.1, 0.15) is 13.3 Å². The average molecular weight is 429 g/mol. The molecule has 3 atom stereocenters. The van der Waals surface area contributed by atoms with Gasteiger partial charge in [-0.05, 0) is 31.6 Å². The number of nitrogens with one attached hydrogen (secondary N) is 2. The molecule has 3 fully saturated rings. The monoisotopic (exact) mass is 428 g/mol. The number of thioether (sulfide) groups is 1. The van der Waals surface area contributed by atoms with Crippen LogP contribution in [0.5, 0.6) is 0 Å². The van der Waals surface area contributed by atoms with Crippen LogP contribution in [0.4, 0.5) is 5.69 Å². The van der Waals surface area contributed by atoms with Crippen molar-refractivity contribution in [1.82, 2.24) is 25.4 Å². The fraction of sp³-hybridized carbons (Fsp3) is 0.591. The third-order valence-corrected chi connectivity index (χ3v) is 7.57. The Kier molecular flexibility index (Phi) is 5.91. The van der Waals surface area contributed by atoms with Crippen LogP contribution in [0.2, 0.25) is 0 Å². The average Bonchev–Trinajstić information content (AvgIpc) is 3.55. The molecule has 1 amide bonds. The molecular formula is C22H32N6OS. The summed E-state index contributed by atoms with van der Waals surface area (Å²) in [6.45, 7) is 8.14. The molecule has 8 heteroatoms. The lowest BCUT2D eigenvalue weighted by atomic mass is 10.1. The highest BCUT2D eigenvalue weighted by Crippen LogP contribution is 2.26. The largest absolute Gasteiger partial charge is 0.355 e. The lowest BCUT2D eigenvalue weighted by Crippen LogP contribution is -2.52. The molecule has 30 heavy (non-hydrogen) atoms. The standard InChI is InChI=1S/C22H32N6OS/c1-17-13-21(28(24-17)18-5-3-2-4-6-18)26-9-7-25(8-10-26)19-14-20(23-15-19)22(29)27-11-12-30-16-27/h2-6,13,17,19-20,23-24H,7-12,14-16H2,1H3/t17?,19-,20-/m0/s1. The van der Waals surface area contributed by atoms with Crippen molar-refractivity contribution >= 4 is 23.4 Å². The lowest BCUT2D eigenvalue weighted by molar-refractivity contribution is -0.131. The predicted molar refractivity (Wildman–Crippen MR) is 122 cm³/mol. The van der Waals surface area contributed by atoms with Gasteiger partial charge in [-0.2, -0.15) is 0 Å². The highest BCUT2D eigenvalue weighted by molar-refractivity contribution is 7.99. The maximum Gasteiger partial charge on any atom is 0.240 e. The Labute approximate surface area is 183 Å². The summed E-state index contributed by atoms with van der Waals surface area (Å²) in [7, 11) is 0. The van der Waals surface area contributed by atoms with Crippen LogP contribution in [-0.2, 0) is 4.79 Å². The van der Waals surface area contributed by atoms with Crippen molar-refractivity contribution in [3.8, 4) is 0 Å². The molecule has 0 radical (unpaired) electrons. The predicted octanol–water partition coefficient (Wildman–Crippen LogP) is 1.12. The topological polar surface area (TPSA) is 54.1 Å². The van der Waals surface area contributed by atoms with Crippen LogP contribution in [0, 0.1) is 0 Å². The van der Waals surface area contributed by atoms with Crippen molar-refractivity contribution in [3.63, 3.8) is 0 Å². The number of nitrogens with zero attached hydrogens (tertiary/aromatic N) is 4. The number of hydrogen-bond acceptors (Lipinski definition) is 7. The van der Waals surface area contributed by atoms with Crippen LogP contribution in [0.3, 0.4) is 0 Å². The Balaban J connectivity index is 1.17. The Bertz CT molecular complexity index is 775. The van der Waals surface area contributed by atoms with E-state index in [1.54, 1.807) is 0 Å². The van der Waals surface area contributed by atoms with E-state index in [2.05, 4.69) is 68.9 Å². The van der Waals surface area contributed by atoms with Crippen LogP contribution < -0.4 is 15.8 Å². The van der Waals surface area contributed by atoms with Gasteiger partial charge in [-0.3, -0.25) is 14.7 Å². The van der Waals surface area contributed by atoms with Gasteiger partial charge in [0.05, 0.1) is 17.6 Å². The van der Waals surface area contributed by atoms with Gasteiger partial charge in [0.25, 0.3) is 0 Å². The zero-order valence-corrected chi connectivity index (χ0v) is 18.5. The fourth-order valence-electron chi connectivity index (χ4n) is 4.94. The van der Waals surface area contributed by atoms with Crippen molar-refractivity contribution in [2.45, 2.75) is 31.5 Å². The number of hydrogen-bond donors (Lipinski definition) is 2. The number of anilines is 1. The summed E-state index contributed by atoms with van der Waals surface area (Å²) >= 11 is 1.86. The molecule has 0 spiro atoms. The van der Waals surface area contributed by atoms with Crippen LogP contribution >= 0.6 is 11.8 Å². The third-order valence-electron chi connectivity index (χ3n) is 6.60. The van der Waals surface area contributed by atoms with E-state index < -0.39 is 0 Å². The van der Waals surface area contributed by atoms with Gasteiger partial charge in [-0.1, -0.05) is 18.2 Å². The second-order valence-corrected chi connectivity index (χ2v) is 9.70. The van der Waals surface area contributed by atoms with Crippen molar-refractivity contribution < 1.29 is 4.79 Å².